The Balaban J connectivity index is 1.99. The van der Waals surface area contributed by atoms with Crippen molar-refractivity contribution in [1.82, 2.24) is 4.31 Å². The molecule has 0 unspecified atom stereocenters. The molecule has 0 bridgehead atoms. The Labute approximate surface area is 207 Å². The first-order valence-electron chi connectivity index (χ1n) is 11.8. The molecule has 6 nitrogen and oxygen atoms in total. The summed E-state index contributed by atoms with van der Waals surface area (Å²) < 4.78 is 34.4. The van der Waals surface area contributed by atoms with E-state index in [1.54, 1.807) is 36.0 Å². The highest BCUT2D eigenvalue weighted by Crippen LogP contribution is 2.42. The molecule has 0 radical (unpaired) electrons. The van der Waals surface area contributed by atoms with Gasteiger partial charge >= 0.3 is 5.97 Å². The number of ether oxygens (including phenoxy) is 1. The fourth-order valence-corrected chi connectivity index (χ4v) is 7.50. The molecule has 0 aromatic heterocycles. The summed E-state index contributed by atoms with van der Waals surface area (Å²) in [6, 6.07) is 13.8. The molecule has 3 rings (SSSR count). The lowest BCUT2D eigenvalue weighted by atomic mass is 9.90. The minimum atomic E-state index is -3.89. The van der Waals surface area contributed by atoms with E-state index < -0.39 is 28.0 Å². The number of aliphatic carboxylic acids is 1. The van der Waals surface area contributed by atoms with E-state index >= 15 is 0 Å². The molecule has 0 amide bonds. The Morgan fingerprint density at radius 3 is 2.35 bits per heavy atom. The highest BCUT2D eigenvalue weighted by Gasteiger charge is 2.45. The van der Waals surface area contributed by atoms with Crippen LogP contribution in [-0.2, 0) is 14.8 Å². The number of carboxylic acids is 1. The van der Waals surface area contributed by atoms with E-state index in [0.29, 0.717) is 18.9 Å². The van der Waals surface area contributed by atoms with Gasteiger partial charge in [-0.05, 0) is 68.2 Å². The molecule has 1 aliphatic rings. The summed E-state index contributed by atoms with van der Waals surface area (Å²) in [6.07, 6.45) is 1.44. The van der Waals surface area contributed by atoms with E-state index in [1.165, 1.54) is 4.31 Å². The van der Waals surface area contributed by atoms with Crippen LogP contribution in [0.5, 0.6) is 5.75 Å². The molecule has 0 aliphatic carbocycles. The van der Waals surface area contributed by atoms with Gasteiger partial charge in [-0.15, -0.1) is 0 Å². The first-order chi connectivity index (χ1) is 16.1. The SMILES string of the molecule is CCOc1ccc([C@@H]2C[C@@H](SCCC(C)C)[C@H](C(=O)O)CN2S(=O)(=O)c2ccc(C)cc2)cc1. The zero-order valence-electron chi connectivity index (χ0n) is 20.3. The Bertz CT molecular complexity index is 1050. The zero-order valence-corrected chi connectivity index (χ0v) is 21.9. The molecule has 2 aromatic rings. The number of hydrogen-bond acceptors (Lipinski definition) is 5. The molecule has 2 aromatic carbocycles. The molecule has 1 heterocycles. The summed E-state index contributed by atoms with van der Waals surface area (Å²) in [7, 11) is -3.89. The molecule has 3 atom stereocenters. The third-order valence-corrected chi connectivity index (χ3v) is 9.49. The third-order valence-electron chi connectivity index (χ3n) is 6.18. The van der Waals surface area contributed by atoms with Crippen molar-refractivity contribution < 1.29 is 23.1 Å². The molecule has 0 saturated carbocycles. The van der Waals surface area contributed by atoms with E-state index in [1.807, 2.05) is 38.1 Å². The molecule has 186 valence electrons. The Kier molecular flexibility index (Phi) is 9.07. The smallest absolute Gasteiger partial charge is 0.308 e. The number of carbonyl (C=O) groups is 1. The van der Waals surface area contributed by atoms with Crippen molar-refractivity contribution in [2.45, 2.75) is 56.7 Å². The highest BCUT2D eigenvalue weighted by molar-refractivity contribution is 7.99. The van der Waals surface area contributed by atoms with Gasteiger partial charge in [-0.25, -0.2) is 8.42 Å². The van der Waals surface area contributed by atoms with Gasteiger partial charge in [0.25, 0.3) is 0 Å². The molecule has 34 heavy (non-hydrogen) atoms. The van der Waals surface area contributed by atoms with E-state index in [-0.39, 0.29) is 16.7 Å². The number of sulfonamides is 1. The predicted octanol–water partition coefficient (Wildman–Crippen LogP) is 5.38. The first kappa shape index (κ1) is 26.6. The first-order valence-corrected chi connectivity index (χ1v) is 14.3. The summed E-state index contributed by atoms with van der Waals surface area (Å²) in [4.78, 5) is 12.4. The quantitative estimate of drug-likeness (QED) is 0.467. The monoisotopic (exact) mass is 505 g/mol. The predicted molar refractivity (Wildman–Crippen MR) is 137 cm³/mol. The second-order valence-corrected chi connectivity index (χ2v) is 12.4. The van der Waals surface area contributed by atoms with Crippen molar-refractivity contribution in [3.63, 3.8) is 0 Å². The number of carboxylic acid groups (broad SMARTS) is 1. The summed E-state index contributed by atoms with van der Waals surface area (Å²) in [5, 5.41) is 9.84. The van der Waals surface area contributed by atoms with Crippen LogP contribution in [0.4, 0.5) is 0 Å². The summed E-state index contributed by atoms with van der Waals surface area (Å²) >= 11 is 1.66. The number of aryl methyl sites for hydroxylation is 1. The lowest BCUT2D eigenvalue weighted by Gasteiger charge is -2.42. The molecular formula is C26H35NO5S2. The van der Waals surface area contributed by atoms with Gasteiger partial charge < -0.3 is 9.84 Å². The van der Waals surface area contributed by atoms with Crippen molar-refractivity contribution >= 4 is 27.8 Å². The fourth-order valence-electron chi connectivity index (χ4n) is 4.18. The van der Waals surface area contributed by atoms with Crippen molar-refractivity contribution in [3.05, 3.63) is 59.7 Å². The van der Waals surface area contributed by atoms with Crippen LogP contribution >= 0.6 is 11.8 Å². The van der Waals surface area contributed by atoms with Gasteiger partial charge in [0, 0.05) is 11.8 Å². The van der Waals surface area contributed by atoms with Gasteiger partial charge in [-0.3, -0.25) is 4.79 Å². The van der Waals surface area contributed by atoms with Crippen LogP contribution in [0, 0.1) is 18.8 Å². The second-order valence-electron chi connectivity index (χ2n) is 9.18. The number of rotatable bonds is 10. The maximum atomic E-state index is 13.7. The minimum Gasteiger partial charge on any atom is -0.494 e. The van der Waals surface area contributed by atoms with Gasteiger partial charge in [0.05, 0.1) is 23.5 Å². The fraction of sp³-hybridized carbons (Fsp3) is 0.500. The lowest BCUT2D eigenvalue weighted by Crippen LogP contribution is -2.49. The molecule has 0 spiro atoms. The Morgan fingerprint density at radius 2 is 1.79 bits per heavy atom. The number of benzene rings is 2. The van der Waals surface area contributed by atoms with Gasteiger partial charge in [-0.1, -0.05) is 43.7 Å². The molecule has 1 fully saturated rings. The van der Waals surface area contributed by atoms with Gasteiger partial charge in [0.15, 0.2) is 0 Å². The van der Waals surface area contributed by atoms with E-state index in [0.717, 1.165) is 29.1 Å². The van der Waals surface area contributed by atoms with E-state index in [9.17, 15) is 18.3 Å². The van der Waals surface area contributed by atoms with Crippen LogP contribution in [0.3, 0.4) is 0 Å². The minimum absolute atomic E-state index is 0.0528. The maximum Gasteiger partial charge on any atom is 0.308 e. The van der Waals surface area contributed by atoms with Crippen LogP contribution in [0.15, 0.2) is 53.4 Å². The molecule has 1 aliphatic heterocycles. The average Bonchev–Trinajstić information content (AvgIpc) is 2.79. The van der Waals surface area contributed by atoms with Crippen molar-refractivity contribution in [3.8, 4) is 5.75 Å². The number of hydrogen-bond donors (Lipinski definition) is 1. The van der Waals surface area contributed by atoms with E-state index in [2.05, 4.69) is 13.8 Å². The zero-order chi connectivity index (χ0) is 24.9. The standard InChI is InChI=1S/C26H35NO5S2/c1-5-32-21-10-8-20(9-11-21)24-16-25(33-15-14-18(2)3)23(26(28)29)17-27(24)34(30,31)22-12-6-19(4)7-13-22/h6-13,18,23-25H,5,14-17H2,1-4H3,(H,28,29)/t23-,24+,25-/m1/s1. The third kappa shape index (κ3) is 6.34. The topological polar surface area (TPSA) is 83.9 Å². The van der Waals surface area contributed by atoms with Crippen molar-refractivity contribution in [2.24, 2.45) is 11.8 Å². The van der Waals surface area contributed by atoms with Gasteiger partial charge in [0.2, 0.25) is 10.0 Å². The van der Waals surface area contributed by atoms with Crippen LogP contribution < -0.4 is 4.74 Å². The Morgan fingerprint density at radius 1 is 1.15 bits per heavy atom. The number of piperidine rings is 1. The van der Waals surface area contributed by atoms with Crippen molar-refractivity contribution in [2.75, 3.05) is 18.9 Å². The second kappa shape index (κ2) is 11.6. The summed E-state index contributed by atoms with van der Waals surface area (Å²) in [6.45, 7) is 8.60. The summed E-state index contributed by atoms with van der Waals surface area (Å²) in [5.41, 5.74) is 1.81. The molecule has 1 N–H and O–H groups in total. The van der Waals surface area contributed by atoms with Crippen LogP contribution in [0.1, 0.15) is 50.8 Å². The number of thioether (sulfide) groups is 1. The normalized spacial score (nSPS) is 21.5. The largest absolute Gasteiger partial charge is 0.494 e. The van der Waals surface area contributed by atoms with Crippen LogP contribution in [-0.4, -0.2) is 48.0 Å². The molecule has 8 heteroatoms. The average molecular weight is 506 g/mol. The summed E-state index contributed by atoms with van der Waals surface area (Å²) in [5.74, 6) is 0.390. The van der Waals surface area contributed by atoms with Crippen LogP contribution in [0.25, 0.3) is 0 Å². The van der Waals surface area contributed by atoms with Crippen molar-refractivity contribution in [1.29, 1.82) is 0 Å². The molecular weight excluding hydrogens is 470 g/mol. The highest BCUT2D eigenvalue weighted by atomic mass is 32.2. The Hall–Kier alpha value is -2.03. The van der Waals surface area contributed by atoms with E-state index in [4.69, 9.17) is 4.74 Å². The van der Waals surface area contributed by atoms with Gasteiger partial charge in [0.1, 0.15) is 5.75 Å². The van der Waals surface area contributed by atoms with Gasteiger partial charge in [-0.2, -0.15) is 16.1 Å². The van der Waals surface area contributed by atoms with Crippen LogP contribution in [0.2, 0.25) is 0 Å². The maximum absolute atomic E-state index is 13.7. The molecule has 1 saturated heterocycles. The lowest BCUT2D eigenvalue weighted by molar-refractivity contribution is -0.143. The number of nitrogens with zero attached hydrogens (tertiary/aromatic N) is 1.